The van der Waals surface area contributed by atoms with E-state index in [1.54, 1.807) is 0 Å². The van der Waals surface area contributed by atoms with E-state index in [2.05, 4.69) is 0 Å². The number of carbonyl (C=O) groups excluding carboxylic acids is 1. The van der Waals surface area contributed by atoms with Crippen LogP contribution in [0.3, 0.4) is 0 Å². The maximum Gasteiger partial charge on any atom is 0.320 e. The Labute approximate surface area is 114 Å². The van der Waals surface area contributed by atoms with Crippen LogP contribution in [0.1, 0.15) is 16.8 Å². The summed E-state index contributed by atoms with van der Waals surface area (Å²) >= 11 is 11.4. The van der Waals surface area contributed by atoms with E-state index in [9.17, 15) is 9.59 Å². The highest BCUT2D eigenvalue weighted by Crippen LogP contribution is 2.23. The summed E-state index contributed by atoms with van der Waals surface area (Å²) in [4.78, 5) is 22.0. The van der Waals surface area contributed by atoms with Gasteiger partial charge in [-0.15, -0.1) is 12.4 Å². The first-order valence-corrected chi connectivity index (χ1v) is 5.14. The van der Waals surface area contributed by atoms with Crippen LogP contribution >= 0.6 is 35.6 Å². The van der Waals surface area contributed by atoms with Crippen molar-refractivity contribution < 1.29 is 14.7 Å². The van der Waals surface area contributed by atoms with Crippen molar-refractivity contribution in [1.29, 1.82) is 0 Å². The Morgan fingerprint density at radius 2 is 1.88 bits per heavy atom. The molecule has 0 radical (unpaired) electrons. The minimum Gasteiger partial charge on any atom is -0.480 e. The van der Waals surface area contributed by atoms with Crippen LogP contribution in [0.5, 0.6) is 0 Å². The van der Waals surface area contributed by atoms with Gasteiger partial charge in [-0.1, -0.05) is 23.2 Å². The van der Waals surface area contributed by atoms with E-state index in [1.165, 1.54) is 18.2 Å². The predicted octanol–water partition coefficient (Wildman–Crippen LogP) is 2.40. The quantitative estimate of drug-likeness (QED) is 0.836. The van der Waals surface area contributed by atoms with Gasteiger partial charge in [0.25, 0.3) is 0 Å². The predicted molar refractivity (Wildman–Crippen MR) is 68.3 cm³/mol. The lowest BCUT2D eigenvalue weighted by molar-refractivity contribution is -0.138. The highest BCUT2D eigenvalue weighted by atomic mass is 35.5. The molecule has 0 heterocycles. The summed E-state index contributed by atoms with van der Waals surface area (Å²) in [5.74, 6) is -1.60. The normalized spacial score (nSPS) is 11.5. The van der Waals surface area contributed by atoms with E-state index in [0.29, 0.717) is 10.6 Å². The molecule has 1 rings (SSSR count). The third-order valence-corrected chi connectivity index (χ3v) is 2.70. The molecule has 0 aliphatic carbocycles. The molecule has 4 nitrogen and oxygen atoms in total. The van der Waals surface area contributed by atoms with Crippen molar-refractivity contribution in [2.45, 2.75) is 12.5 Å². The molecular weight excluding hydrogens is 288 g/mol. The van der Waals surface area contributed by atoms with Crippen LogP contribution in [0.4, 0.5) is 0 Å². The lowest BCUT2D eigenvalue weighted by atomic mass is 10.0. The average molecular weight is 299 g/mol. The second kappa shape index (κ2) is 6.81. The number of rotatable bonds is 4. The molecule has 1 atom stereocenters. The fourth-order valence-corrected chi connectivity index (χ4v) is 1.37. The smallest absolute Gasteiger partial charge is 0.320 e. The van der Waals surface area contributed by atoms with Gasteiger partial charge in [-0.25, -0.2) is 0 Å². The van der Waals surface area contributed by atoms with Crippen LogP contribution in [-0.4, -0.2) is 22.9 Å². The van der Waals surface area contributed by atoms with Crippen LogP contribution in [0, 0.1) is 0 Å². The van der Waals surface area contributed by atoms with Gasteiger partial charge in [0.2, 0.25) is 0 Å². The Morgan fingerprint density at radius 3 is 2.35 bits per heavy atom. The van der Waals surface area contributed by atoms with E-state index < -0.39 is 12.0 Å². The number of hydrogen-bond donors (Lipinski definition) is 2. The lowest BCUT2D eigenvalue weighted by Crippen LogP contribution is -2.32. The highest BCUT2D eigenvalue weighted by molar-refractivity contribution is 6.42. The molecule has 7 heteroatoms. The zero-order valence-corrected chi connectivity index (χ0v) is 10.9. The Kier molecular flexibility index (Phi) is 6.49. The fourth-order valence-electron chi connectivity index (χ4n) is 1.07. The molecule has 94 valence electrons. The van der Waals surface area contributed by atoms with Crippen LogP contribution in [0.15, 0.2) is 18.2 Å². The van der Waals surface area contributed by atoms with Gasteiger partial charge in [0.05, 0.1) is 10.0 Å². The SMILES string of the molecule is Cl.NC(CC(=O)c1ccc(Cl)c(Cl)c1)C(=O)O. The molecule has 17 heavy (non-hydrogen) atoms. The molecule has 1 unspecified atom stereocenters. The minimum atomic E-state index is -1.21. The summed E-state index contributed by atoms with van der Waals surface area (Å²) in [5.41, 5.74) is 5.54. The molecular formula is C10H10Cl3NO3. The molecule has 1 aromatic rings. The van der Waals surface area contributed by atoms with Crippen LogP contribution in [-0.2, 0) is 4.79 Å². The van der Waals surface area contributed by atoms with Gasteiger partial charge < -0.3 is 10.8 Å². The van der Waals surface area contributed by atoms with Crippen LogP contribution < -0.4 is 5.73 Å². The molecule has 0 aliphatic rings. The molecule has 1 aromatic carbocycles. The van der Waals surface area contributed by atoms with Crippen LogP contribution in [0.2, 0.25) is 10.0 Å². The van der Waals surface area contributed by atoms with E-state index in [0.717, 1.165) is 0 Å². The van der Waals surface area contributed by atoms with Gasteiger partial charge in [0, 0.05) is 12.0 Å². The second-order valence-electron chi connectivity index (χ2n) is 3.20. The standard InChI is InChI=1S/C10H9Cl2NO3.ClH/c11-6-2-1-5(3-7(6)12)9(14)4-8(13)10(15)16;/h1-3,8H,4,13H2,(H,15,16);1H. The third-order valence-electron chi connectivity index (χ3n) is 1.96. The number of halogens is 3. The van der Waals surface area contributed by atoms with E-state index in [1.807, 2.05) is 0 Å². The van der Waals surface area contributed by atoms with Gasteiger partial charge in [-0.05, 0) is 18.2 Å². The zero-order valence-electron chi connectivity index (χ0n) is 8.52. The number of carboxylic acid groups (broad SMARTS) is 1. The number of nitrogens with two attached hydrogens (primary N) is 1. The number of hydrogen-bond acceptors (Lipinski definition) is 3. The Morgan fingerprint density at radius 1 is 1.29 bits per heavy atom. The summed E-state index contributed by atoms with van der Waals surface area (Å²) in [5, 5.41) is 9.13. The van der Waals surface area contributed by atoms with Crippen LogP contribution in [0.25, 0.3) is 0 Å². The summed E-state index contributed by atoms with van der Waals surface area (Å²) in [6.07, 6.45) is -0.271. The monoisotopic (exact) mass is 297 g/mol. The number of Topliss-reactive ketones (excluding diaryl/α,β-unsaturated/α-hetero) is 1. The van der Waals surface area contributed by atoms with Gasteiger partial charge >= 0.3 is 5.97 Å². The first kappa shape index (κ1) is 16.2. The lowest BCUT2D eigenvalue weighted by Gasteiger charge is -2.06. The minimum absolute atomic E-state index is 0. The number of carbonyl (C=O) groups is 2. The van der Waals surface area contributed by atoms with Gasteiger partial charge in [-0.3, -0.25) is 9.59 Å². The topological polar surface area (TPSA) is 80.4 Å². The molecule has 3 N–H and O–H groups in total. The van der Waals surface area contributed by atoms with E-state index >= 15 is 0 Å². The molecule has 0 saturated carbocycles. The van der Waals surface area contributed by atoms with Crippen molar-refractivity contribution in [3.8, 4) is 0 Å². The molecule has 0 spiro atoms. The number of carboxylic acids is 1. The first-order chi connectivity index (χ1) is 7.41. The van der Waals surface area contributed by atoms with Crippen molar-refractivity contribution in [3.63, 3.8) is 0 Å². The average Bonchev–Trinajstić information content (AvgIpc) is 2.21. The maximum absolute atomic E-state index is 11.6. The van der Waals surface area contributed by atoms with E-state index in [4.69, 9.17) is 34.0 Å². The van der Waals surface area contributed by atoms with Gasteiger partial charge in [-0.2, -0.15) is 0 Å². The first-order valence-electron chi connectivity index (χ1n) is 4.38. The molecule has 0 bridgehead atoms. The Balaban J connectivity index is 0.00000256. The molecule has 0 aliphatic heterocycles. The zero-order chi connectivity index (χ0) is 12.3. The summed E-state index contributed by atoms with van der Waals surface area (Å²) in [6, 6.07) is 3.14. The molecule has 0 fully saturated rings. The highest BCUT2D eigenvalue weighted by Gasteiger charge is 2.17. The summed E-state index contributed by atoms with van der Waals surface area (Å²) < 4.78 is 0. The van der Waals surface area contributed by atoms with E-state index in [-0.39, 0.29) is 29.6 Å². The maximum atomic E-state index is 11.6. The van der Waals surface area contributed by atoms with Gasteiger partial charge in [0.1, 0.15) is 6.04 Å². The van der Waals surface area contributed by atoms with Crippen molar-refractivity contribution in [2.75, 3.05) is 0 Å². The fraction of sp³-hybridized carbons (Fsp3) is 0.200. The third kappa shape index (κ3) is 4.52. The number of benzene rings is 1. The summed E-state index contributed by atoms with van der Waals surface area (Å²) in [7, 11) is 0. The summed E-state index contributed by atoms with van der Waals surface area (Å²) in [6.45, 7) is 0. The molecule has 0 amide bonds. The van der Waals surface area contributed by atoms with Crippen molar-refractivity contribution in [2.24, 2.45) is 5.73 Å². The molecule has 0 saturated heterocycles. The molecule has 0 aromatic heterocycles. The Bertz CT molecular complexity index is 437. The largest absolute Gasteiger partial charge is 0.480 e. The second-order valence-corrected chi connectivity index (χ2v) is 4.02. The van der Waals surface area contributed by atoms with Crippen molar-refractivity contribution >= 4 is 47.4 Å². The van der Waals surface area contributed by atoms with Crippen molar-refractivity contribution in [1.82, 2.24) is 0 Å². The Hall–Kier alpha value is -0.810. The van der Waals surface area contributed by atoms with Crippen molar-refractivity contribution in [3.05, 3.63) is 33.8 Å². The number of ketones is 1. The number of aliphatic carboxylic acids is 1. The van der Waals surface area contributed by atoms with Gasteiger partial charge in [0.15, 0.2) is 5.78 Å².